The van der Waals surface area contributed by atoms with Gasteiger partial charge in [0.05, 0.1) is 17.8 Å². The smallest absolute Gasteiger partial charge is 0.228 e. The first-order chi connectivity index (χ1) is 15.3. The van der Waals surface area contributed by atoms with Crippen LogP contribution in [-0.4, -0.2) is 15.3 Å². The Kier molecular flexibility index (Phi) is 5.03. The molecule has 0 unspecified atom stereocenters. The Morgan fingerprint density at radius 1 is 0.774 bits per heavy atom. The number of carbonyl (C=O) groups excluding carboxylic acids is 1. The van der Waals surface area contributed by atoms with Gasteiger partial charge in [-0.05, 0) is 34.9 Å². The predicted octanol–water partition coefficient (Wildman–Crippen LogP) is 5.85. The maximum Gasteiger partial charge on any atom is 0.228 e. The van der Waals surface area contributed by atoms with E-state index in [2.05, 4.69) is 34.6 Å². The van der Waals surface area contributed by atoms with Crippen molar-refractivity contribution < 1.29 is 4.79 Å². The fraction of sp³-hybridized carbons (Fsp3) is 0.0370. The molecule has 31 heavy (non-hydrogen) atoms. The number of fused-ring (bicyclic) bond motifs is 1. The third kappa shape index (κ3) is 4.09. The van der Waals surface area contributed by atoms with Gasteiger partial charge in [0, 0.05) is 18.0 Å². The highest BCUT2D eigenvalue weighted by molar-refractivity contribution is 5.96. The Bertz CT molecular complexity index is 1310. The molecule has 0 bridgehead atoms. The minimum absolute atomic E-state index is 0.0522. The van der Waals surface area contributed by atoms with E-state index in [-0.39, 0.29) is 5.91 Å². The molecule has 0 aliphatic heterocycles. The molecule has 4 heteroatoms. The average molecular weight is 403 g/mol. The zero-order chi connectivity index (χ0) is 21.0. The van der Waals surface area contributed by atoms with Crippen LogP contribution in [0.1, 0.15) is 5.56 Å². The van der Waals surface area contributed by atoms with Crippen LogP contribution in [0, 0.1) is 0 Å². The van der Waals surface area contributed by atoms with Gasteiger partial charge in [0.1, 0.15) is 5.65 Å². The van der Waals surface area contributed by atoms with Crippen molar-refractivity contribution in [2.24, 2.45) is 0 Å². The van der Waals surface area contributed by atoms with Gasteiger partial charge in [-0.3, -0.25) is 4.79 Å². The monoisotopic (exact) mass is 403 g/mol. The van der Waals surface area contributed by atoms with Crippen LogP contribution in [0.4, 0.5) is 5.69 Å². The molecule has 1 amide bonds. The molecule has 5 rings (SSSR count). The highest BCUT2D eigenvalue weighted by Gasteiger charge is 2.12. The number of anilines is 1. The fourth-order valence-corrected chi connectivity index (χ4v) is 3.71. The van der Waals surface area contributed by atoms with E-state index in [1.54, 1.807) is 0 Å². The van der Waals surface area contributed by atoms with Gasteiger partial charge in [-0.1, -0.05) is 78.9 Å². The van der Waals surface area contributed by atoms with Crippen LogP contribution >= 0.6 is 0 Å². The number of nitrogens with zero attached hydrogens (tertiary/aromatic N) is 2. The van der Waals surface area contributed by atoms with Gasteiger partial charge in [0.25, 0.3) is 0 Å². The lowest BCUT2D eigenvalue weighted by atomic mass is 10.0. The van der Waals surface area contributed by atoms with Crippen LogP contribution in [0.3, 0.4) is 0 Å². The first kappa shape index (κ1) is 18.8. The Hall–Kier alpha value is -4.18. The molecule has 0 atom stereocenters. The Morgan fingerprint density at radius 2 is 1.48 bits per heavy atom. The maximum absolute atomic E-state index is 12.8. The number of nitrogens with one attached hydrogen (secondary N) is 1. The van der Waals surface area contributed by atoms with Gasteiger partial charge >= 0.3 is 0 Å². The zero-order valence-electron chi connectivity index (χ0n) is 16.9. The zero-order valence-corrected chi connectivity index (χ0v) is 16.9. The van der Waals surface area contributed by atoms with Gasteiger partial charge in [-0.15, -0.1) is 0 Å². The summed E-state index contributed by atoms with van der Waals surface area (Å²) in [6.07, 6.45) is 4.25. The second-order valence-corrected chi connectivity index (χ2v) is 7.43. The molecule has 0 fully saturated rings. The van der Waals surface area contributed by atoms with E-state index in [4.69, 9.17) is 0 Å². The third-order valence-electron chi connectivity index (χ3n) is 5.27. The molecule has 150 valence electrons. The average Bonchev–Trinajstić information content (AvgIpc) is 3.25. The topological polar surface area (TPSA) is 46.4 Å². The van der Waals surface area contributed by atoms with Gasteiger partial charge in [0.15, 0.2) is 0 Å². The van der Waals surface area contributed by atoms with E-state index in [1.165, 1.54) is 5.56 Å². The first-order valence-electron chi connectivity index (χ1n) is 10.2. The lowest BCUT2D eigenvalue weighted by Gasteiger charge is -2.10. The van der Waals surface area contributed by atoms with Crippen LogP contribution in [-0.2, 0) is 11.2 Å². The molecular weight excluding hydrogens is 382 g/mol. The van der Waals surface area contributed by atoms with Crippen molar-refractivity contribution in [2.45, 2.75) is 6.42 Å². The molecule has 0 radical (unpaired) electrons. The molecule has 0 aliphatic carbocycles. The SMILES string of the molecule is O=C(Cc1ccc(-c2ccccc2)cc1)Nc1ccccc1-c1cn2ccccc2n1. The minimum Gasteiger partial charge on any atom is -0.325 e. The first-order valence-corrected chi connectivity index (χ1v) is 10.2. The van der Waals surface area contributed by atoms with Crippen molar-refractivity contribution >= 4 is 17.2 Å². The summed E-state index contributed by atoms with van der Waals surface area (Å²) in [6.45, 7) is 0. The summed E-state index contributed by atoms with van der Waals surface area (Å²) >= 11 is 0. The quantitative estimate of drug-likeness (QED) is 0.400. The third-order valence-corrected chi connectivity index (χ3v) is 5.27. The lowest BCUT2D eigenvalue weighted by molar-refractivity contribution is -0.115. The molecule has 0 aliphatic rings. The number of benzene rings is 3. The molecule has 2 aromatic heterocycles. The predicted molar refractivity (Wildman–Crippen MR) is 125 cm³/mol. The summed E-state index contributed by atoms with van der Waals surface area (Å²) in [4.78, 5) is 17.4. The lowest BCUT2D eigenvalue weighted by Crippen LogP contribution is -2.15. The van der Waals surface area contributed by atoms with Crippen LogP contribution in [0.5, 0.6) is 0 Å². The number of imidazole rings is 1. The van der Waals surface area contributed by atoms with Gasteiger partial charge in [-0.2, -0.15) is 0 Å². The molecule has 0 saturated carbocycles. The molecule has 5 aromatic rings. The second-order valence-electron chi connectivity index (χ2n) is 7.43. The van der Waals surface area contributed by atoms with Crippen LogP contribution in [0.25, 0.3) is 28.0 Å². The number of carbonyl (C=O) groups is 1. The molecule has 1 N–H and O–H groups in total. The number of amides is 1. The van der Waals surface area contributed by atoms with E-state index in [9.17, 15) is 4.79 Å². The van der Waals surface area contributed by atoms with Crippen LogP contribution in [0.2, 0.25) is 0 Å². The summed E-state index contributed by atoms with van der Waals surface area (Å²) in [5.74, 6) is -0.0522. The van der Waals surface area contributed by atoms with Gasteiger partial charge in [-0.25, -0.2) is 4.98 Å². The van der Waals surface area contributed by atoms with Crippen molar-refractivity contribution in [3.8, 4) is 22.4 Å². The number of hydrogen-bond acceptors (Lipinski definition) is 2. The van der Waals surface area contributed by atoms with E-state index in [0.717, 1.165) is 33.7 Å². The summed E-state index contributed by atoms with van der Waals surface area (Å²) < 4.78 is 1.97. The normalized spacial score (nSPS) is 10.8. The summed E-state index contributed by atoms with van der Waals surface area (Å²) in [5.41, 5.74) is 6.64. The Morgan fingerprint density at radius 3 is 2.29 bits per heavy atom. The Balaban J connectivity index is 1.33. The molecular formula is C27H21N3O. The van der Waals surface area contributed by atoms with Crippen molar-refractivity contribution in [3.05, 3.63) is 115 Å². The van der Waals surface area contributed by atoms with Crippen molar-refractivity contribution in [2.75, 3.05) is 5.32 Å². The minimum atomic E-state index is -0.0522. The molecule has 4 nitrogen and oxygen atoms in total. The fourth-order valence-electron chi connectivity index (χ4n) is 3.71. The number of hydrogen-bond donors (Lipinski definition) is 1. The van der Waals surface area contributed by atoms with E-state index >= 15 is 0 Å². The van der Waals surface area contributed by atoms with Crippen LogP contribution in [0.15, 0.2) is 109 Å². The standard InChI is InChI=1S/C27H21N3O/c31-27(18-20-13-15-22(16-14-20)21-8-2-1-3-9-21)29-24-11-5-4-10-23(24)25-19-30-17-7-6-12-26(30)28-25/h1-17,19H,18H2,(H,29,31). The van der Waals surface area contributed by atoms with Gasteiger partial charge in [0.2, 0.25) is 5.91 Å². The highest BCUT2D eigenvalue weighted by atomic mass is 16.1. The van der Waals surface area contributed by atoms with Crippen molar-refractivity contribution in [1.29, 1.82) is 0 Å². The number of aromatic nitrogens is 2. The van der Waals surface area contributed by atoms with Crippen molar-refractivity contribution in [1.82, 2.24) is 9.38 Å². The van der Waals surface area contributed by atoms with Crippen molar-refractivity contribution in [3.63, 3.8) is 0 Å². The molecule has 2 heterocycles. The summed E-state index contributed by atoms with van der Waals surface area (Å²) in [5, 5.41) is 3.06. The Labute approximate surface area is 180 Å². The second kappa shape index (κ2) is 8.28. The number of pyridine rings is 1. The van der Waals surface area contributed by atoms with Crippen LogP contribution < -0.4 is 5.32 Å². The largest absolute Gasteiger partial charge is 0.325 e. The van der Waals surface area contributed by atoms with E-state index < -0.39 is 0 Å². The maximum atomic E-state index is 12.8. The molecule has 0 saturated heterocycles. The number of para-hydroxylation sites is 1. The van der Waals surface area contributed by atoms with E-state index in [0.29, 0.717) is 6.42 Å². The molecule has 3 aromatic carbocycles. The highest BCUT2D eigenvalue weighted by Crippen LogP contribution is 2.27. The molecule has 0 spiro atoms. The number of rotatable bonds is 5. The van der Waals surface area contributed by atoms with E-state index in [1.807, 2.05) is 89.6 Å². The summed E-state index contributed by atoms with van der Waals surface area (Å²) in [7, 11) is 0. The van der Waals surface area contributed by atoms with Gasteiger partial charge < -0.3 is 9.72 Å². The summed E-state index contributed by atoms with van der Waals surface area (Å²) in [6, 6.07) is 32.0.